The van der Waals surface area contributed by atoms with E-state index in [1.165, 1.54) is 0 Å². The van der Waals surface area contributed by atoms with Crippen LogP contribution in [0.25, 0.3) is 27.1 Å². The van der Waals surface area contributed by atoms with Gasteiger partial charge in [0.15, 0.2) is 0 Å². The van der Waals surface area contributed by atoms with E-state index in [1.54, 1.807) is 7.11 Å². The summed E-state index contributed by atoms with van der Waals surface area (Å²) < 4.78 is 5.31. The van der Waals surface area contributed by atoms with Crippen molar-refractivity contribution in [2.75, 3.05) is 12.4 Å². The maximum absolute atomic E-state index is 10.3. The molecule has 4 nitrogen and oxygen atoms in total. The first-order valence-corrected chi connectivity index (χ1v) is 11.4. The summed E-state index contributed by atoms with van der Waals surface area (Å²) in [5, 5.41) is 18.3. The smallest absolute Gasteiger partial charge is 0.118 e. The van der Waals surface area contributed by atoms with E-state index < -0.39 is 0 Å². The van der Waals surface area contributed by atoms with Gasteiger partial charge in [0, 0.05) is 16.3 Å². The number of aliphatic imine (C=N–C) groups is 1. The van der Waals surface area contributed by atoms with Gasteiger partial charge in [0.05, 0.1) is 35.5 Å². The lowest BCUT2D eigenvalue weighted by Crippen LogP contribution is -2.06. The number of nitrogens with zero attached hydrogens (tertiary/aromatic N) is 2. The van der Waals surface area contributed by atoms with Gasteiger partial charge in [-0.05, 0) is 52.7 Å². The summed E-state index contributed by atoms with van der Waals surface area (Å²) in [6.45, 7) is 0. The summed E-state index contributed by atoms with van der Waals surface area (Å²) in [6, 6.07) is 36.8. The van der Waals surface area contributed by atoms with Crippen LogP contribution in [0.3, 0.4) is 0 Å². The van der Waals surface area contributed by atoms with E-state index >= 15 is 0 Å². The number of benzene rings is 5. The van der Waals surface area contributed by atoms with Crippen molar-refractivity contribution < 1.29 is 4.74 Å². The second kappa shape index (κ2) is 8.48. The lowest BCUT2D eigenvalue weighted by atomic mass is 9.99. The lowest BCUT2D eigenvalue weighted by molar-refractivity contribution is 0.415. The van der Waals surface area contributed by atoms with Gasteiger partial charge in [-0.1, -0.05) is 66.7 Å². The largest absolute Gasteiger partial charge is 0.497 e. The van der Waals surface area contributed by atoms with E-state index in [0.29, 0.717) is 11.3 Å². The van der Waals surface area contributed by atoms with Crippen LogP contribution in [0.4, 0.5) is 11.4 Å². The molecule has 1 aliphatic rings. The molecule has 0 amide bonds. The topological polar surface area (TPSA) is 57.4 Å². The normalized spacial score (nSPS) is 15.0. The highest BCUT2D eigenvalue weighted by Gasteiger charge is 2.28. The van der Waals surface area contributed by atoms with Crippen molar-refractivity contribution in [2.45, 2.75) is 0 Å². The fourth-order valence-corrected chi connectivity index (χ4v) is 4.67. The second-order valence-electron chi connectivity index (χ2n) is 8.38. The van der Waals surface area contributed by atoms with Gasteiger partial charge < -0.3 is 10.1 Å². The number of nitrogens with one attached hydrogen (secondary N) is 1. The number of methoxy groups -OCH3 is 1. The molecule has 0 fully saturated rings. The second-order valence-corrected chi connectivity index (χ2v) is 8.38. The fourth-order valence-electron chi connectivity index (χ4n) is 4.67. The first-order valence-electron chi connectivity index (χ1n) is 11.4. The van der Waals surface area contributed by atoms with E-state index in [1.807, 2.05) is 60.7 Å². The Bertz CT molecular complexity index is 1700. The van der Waals surface area contributed by atoms with Crippen molar-refractivity contribution in [3.8, 4) is 11.8 Å². The highest BCUT2D eigenvalue weighted by Crippen LogP contribution is 2.40. The quantitative estimate of drug-likeness (QED) is 0.289. The molecule has 0 spiro atoms. The zero-order valence-electron chi connectivity index (χ0n) is 19.1. The third-order valence-corrected chi connectivity index (χ3v) is 6.41. The molecule has 0 atom stereocenters. The molecule has 0 radical (unpaired) electrons. The molecule has 0 saturated carbocycles. The van der Waals surface area contributed by atoms with Crippen LogP contribution < -0.4 is 10.1 Å². The molecule has 0 saturated heterocycles. The fraction of sp³-hybridized carbons (Fsp3) is 0.0323. The first-order chi connectivity index (χ1) is 17.3. The molecule has 1 N–H and O–H groups in total. The van der Waals surface area contributed by atoms with Crippen LogP contribution in [-0.4, -0.2) is 12.8 Å². The lowest BCUT2D eigenvalue weighted by Gasteiger charge is -2.09. The highest BCUT2D eigenvalue weighted by atomic mass is 16.5. The minimum Gasteiger partial charge on any atom is -0.497 e. The first kappa shape index (κ1) is 20.7. The molecule has 4 heteroatoms. The summed E-state index contributed by atoms with van der Waals surface area (Å²) in [7, 11) is 1.63. The molecule has 0 unspecified atom stereocenters. The molecule has 0 bridgehead atoms. The van der Waals surface area contributed by atoms with Gasteiger partial charge in [0.25, 0.3) is 0 Å². The van der Waals surface area contributed by atoms with Crippen molar-refractivity contribution in [1.82, 2.24) is 0 Å². The number of rotatable bonds is 3. The molecule has 5 aromatic rings. The van der Waals surface area contributed by atoms with Crippen molar-refractivity contribution in [3.63, 3.8) is 0 Å². The molecule has 0 aliphatic carbocycles. The summed E-state index contributed by atoms with van der Waals surface area (Å²) in [5.74, 6) is 0.745. The number of anilines is 1. The Labute approximate surface area is 203 Å². The Morgan fingerprint density at radius 1 is 0.771 bits per heavy atom. The van der Waals surface area contributed by atoms with Gasteiger partial charge in [-0.25, -0.2) is 4.99 Å². The summed E-state index contributed by atoms with van der Waals surface area (Å²) >= 11 is 0. The molecule has 6 rings (SSSR count). The van der Waals surface area contributed by atoms with Crippen LogP contribution in [0.5, 0.6) is 5.75 Å². The maximum atomic E-state index is 10.3. The van der Waals surface area contributed by atoms with E-state index in [0.717, 1.165) is 55.5 Å². The Morgan fingerprint density at radius 3 is 2.20 bits per heavy atom. The minimum atomic E-state index is 0.534. The Balaban J connectivity index is 1.64. The van der Waals surface area contributed by atoms with Crippen molar-refractivity contribution in [3.05, 3.63) is 120 Å². The number of allylic oxidation sites excluding steroid dienone is 2. The molecule has 5 aromatic carbocycles. The molecule has 166 valence electrons. The summed E-state index contributed by atoms with van der Waals surface area (Å²) in [5.41, 5.74) is 5.62. The zero-order valence-corrected chi connectivity index (χ0v) is 19.1. The SMILES string of the molecule is COc1ccc(/C(C#N)=C2\Nc3c(ccc4ccccc34)C2=Nc2cccc3ccccc23)cc1. The number of nitriles is 1. The van der Waals surface area contributed by atoms with Crippen LogP contribution >= 0.6 is 0 Å². The third-order valence-electron chi connectivity index (χ3n) is 6.41. The van der Waals surface area contributed by atoms with Gasteiger partial charge in [-0.3, -0.25) is 0 Å². The highest BCUT2D eigenvalue weighted by molar-refractivity contribution is 6.29. The van der Waals surface area contributed by atoms with E-state index in [4.69, 9.17) is 9.73 Å². The number of hydrogen-bond acceptors (Lipinski definition) is 4. The van der Waals surface area contributed by atoms with Crippen LogP contribution in [-0.2, 0) is 0 Å². The van der Waals surface area contributed by atoms with Gasteiger partial charge in [0.2, 0.25) is 0 Å². The van der Waals surface area contributed by atoms with Gasteiger partial charge in [-0.15, -0.1) is 0 Å². The third kappa shape index (κ3) is 3.51. The average molecular weight is 452 g/mol. The van der Waals surface area contributed by atoms with Crippen molar-refractivity contribution >= 4 is 44.2 Å². The van der Waals surface area contributed by atoms with Crippen LogP contribution in [0.2, 0.25) is 0 Å². The molecule has 1 heterocycles. The predicted octanol–water partition coefficient (Wildman–Crippen LogP) is 7.48. The Kier molecular flexibility index (Phi) is 5.02. The van der Waals surface area contributed by atoms with Crippen LogP contribution in [0, 0.1) is 11.3 Å². The van der Waals surface area contributed by atoms with Crippen molar-refractivity contribution in [2.24, 2.45) is 4.99 Å². The average Bonchev–Trinajstić information content (AvgIpc) is 3.28. The Morgan fingerprint density at radius 2 is 1.46 bits per heavy atom. The van der Waals surface area contributed by atoms with E-state index in [2.05, 4.69) is 53.9 Å². The summed E-state index contributed by atoms with van der Waals surface area (Å²) in [4.78, 5) is 5.16. The van der Waals surface area contributed by atoms with E-state index in [-0.39, 0.29) is 0 Å². The van der Waals surface area contributed by atoms with Crippen LogP contribution in [0.1, 0.15) is 11.1 Å². The zero-order chi connectivity index (χ0) is 23.8. The predicted molar refractivity (Wildman–Crippen MR) is 143 cm³/mol. The van der Waals surface area contributed by atoms with Gasteiger partial charge >= 0.3 is 0 Å². The molecule has 0 aromatic heterocycles. The number of fused-ring (bicyclic) bond motifs is 4. The number of hydrogen-bond donors (Lipinski definition) is 1. The van der Waals surface area contributed by atoms with Crippen LogP contribution in [0.15, 0.2) is 114 Å². The number of ether oxygens (including phenoxy) is 1. The summed E-state index contributed by atoms with van der Waals surface area (Å²) in [6.07, 6.45) is 0. The minimum absolute atomic E-state index is 0.534. The molecular formula is C31H21N3O. The van der Waals surface area contributed by atoms with Gasteiger partial charge in [-0.2, -0.15) is 5.26 Å². The molecule has 35 heavy (non-hydrogen) atoms. The van der Waals surface area contributed by atoms with Crippen molar-refractivity contribution in [1.29, 1.82) is 5.26 Å². The molecular weight excluding hydrogens is 430 g/mol. The monoisotopic (exact) mass is 451 g/mol. The standard InChI is InChI=1S/C31H21N3O/c1-35-23-16-13-22(14-17-23)27(19-32)31-30(33-28-12-6-9-20-7-2-4-10-24(20)28)26-18-15-21-8-3-5-11-25(21)29(26)34-31/h2-18,34H,1H3/b31-27-,33-30?. The Hall–Kier alpha value is -4.88. The van der Waals surface area contributed by atoms with E-state index in [9.17, 15) is 5.26 Å². The maximum Gasteiger partial charge on any atom is 0.118 e. The molecule has 1 aliphatic heterocycles. The van der Waals surface area contributed by atoms with Gasteiger partial charge in [0.1, 0.15) is 11.8 Å².